The van der Waals surface area contributed by atoms with Gasteiger partial charge >= 0.3 is 0 Å². The van der Waals surface area contributed by atoms with Crippen LogP contribution >= 0.6 is 11.6 Å². The predicted octanol–water partition coefficient (Wildman–Crippen LogP) is 2.86. The number of aromatic nitrogens is 3. The molecule has 0 aliphatic rings. The van der Waals surface area contributed by atoms with Crippen molar-refractivity contribution in [2.24, 2.45) is 0 Å². The Morgan fingerprint density at radius 3 is 2.65 bits per heavy atom. The average molecular weight is 255 g/mol. The smallest absolute Gasteiger partial charge is 0.258 e. The molecule has 0 aliphatic carbocycles. The molecule has 90 valence electrons. The van der Waals surface area contributed by atoms with E-state index in [-0.39, 0.29) is 10.7 Å². The van der Waals surface area contributed by atoms with E-state index in [0.29, 0.717) is 5.82 Å². The van der Waals surface area contributed by atoms with Crippen molar-refractivity contribution in [3.05, 3.63) is 45.9 Å². The predicted molar refractivity (Wildman–Crippen MR) is 64.4 cm³/mol. The summed E-state index contributed by atoms with van der Waals surface area (Å²) >= 11 is 5.84. The maximum Gasteiger partial charge on any atom is 0.289 e. The van der Waals surface area contributed by atoms with Crippen LogP contribution in [0.4, 0.5) is 5.69 Å². The molecule has 17 heavy (non-hydrogen) atoms. The Hall–Kier alpha value is -1.95. The molecule has 2 rings (SSSR count). The van der Waals surface area contributed by atoms with Crippen molar-refractivity contribution >= 4 is 17.3 Å². The largest absolute Gasteiger partial charge is 0.289 e. The molecule has 0 spiro atoms. The summed E-state index contributed by atoms with van der Waals surface area (Å²) in [5.74, 6) is 0.368. The van der Waals surface area contributed by atoms with E-state index in [0.717, 1.165) is 6.20 Å². The molecule has 0 bridgehead atoms. The molecule has 0 radical (unpaired) electrons. The lowest BCUT2D eigenvalue weighted by atomic mass is 10.4. The third kappa shape index (κ3) is 3.01. The second-order valence-corrected chi connectivity index (χ2v) is 3.11. The Balaban J connectivity index is 0.000000686. The number of halogens is 1. The van der Waals surface area contributed by atoms with Gasteiger partial charge in [0, 0.05) is 18.5 Å². The van der Waals surface area contributed by atoms with Crippen LogP contribution in [0.5, 0.6) is 0 Å². The second kappa shape index (κ2) is 5.95. The Labute approximate surface area is 103 Å². The molecule has 2 aromatic rings. The standard InChI is InChI=1S/C8H5ClN4O2.C2H6/c9-7-4-6(13(14)15)5-10-8(7)12-3-1-2-11-12;1-2/h1-5H;1-2H3. The van der Waals surface area contributed by atoms with Crippen LogP contribution in [0, 0.1) is 10.1 Å². The molecule has 0 saturated heterocycles. The number of rotatable bonds is 2. The van der Waals surface area contributed by atoms with Gasteiger partial charge in [-0.25, -0.2) is 9.67 Å². The van der Waals surface area contributed by atoms with Gasteiger partial charge in [-0.3, -0.25) is 10.1 Å². The van der Waals surface area contributed by atoms with Crippen LogP contribution in [0.25, 0.3) is 5.82 Å². The van der Waals surface area contributed by atoms with Crippen LogP contribution in [0.1, 0.15) is 13.8 Å². The maximum atomic E-state index is 10.4. The number of hydrogen-bond donors (Lipinski definition) is 0. The molecule has 0 aromatic carbocycles. The number of nitrogens with zero attached hydrogens (tertiary/aromatic N) is 4. The topological polar surface area (TPSA) is 73.8 Å². The summed E-state index contributed by atoms with van der Waals surface area (Å²) in [5.41, 5.74) is -0.143. The summed E-state index contributed by atoms with van der Waals surface area (Å²) in [6.45, 7) is 4.00. The lowest BCUT2D eigenvalue weighted by molar-refractivity contribution is -0.385. The van der Waals surface area contributed by atoms with E-state index in [1.165, 1.54) is 10.7 Å². The fourth-order valence-corrected chi connectivity index (χ4v) is 1.33. The van der Waals surface area contributed by atoms with Crippen molar-refractivity contribution in [1.82, 2.24) is 14.8 Å². The molecule has 0 amide bonds. The average Bonchev–Trinajstić information content (AvgIpc) is 2.85. The Morgan fingerprint density at radius 1 is 1.47 bits per heavy atom. The Morgan fingerprint density at radius 2 is 2.18 bits per heavy atom. The minimum Gasteiger partial charge on any atom is -0.258 e. The number of hydrogen-bond acceptors (Lipinski definition) is 4. The van der Waals surface area contributed by atoms with Crippen LogP contribution in [0.2, 0.25) is 5.02 Å². The maximum absolute atomic E-state index is 10.4. The molecule has 7 heteroatoms. The summed E-state index contributed by atoms with van der Waals surface area (Å²) in [5, 5.41) is 14.5. The van der Waals surface area contributed by atoms with Crippen molar-refractivity contribution in [3.63, 3.8) is 0 Å². The monoisotopic (exact) mass is 254 g/mol. The fraction of sp³-hybridized carbons (Fsp3) is 0.200. The van der Waals surface area contributed by atoms with Gasteiger partial charge in [0.25, 0.3) is 5.69 Å². The van der Waals surface area contributed by atoms with Crippen molar-refractivity contribution in [2.75, 3.05) is 0 Å². The molecular weight excluding hydrogens is 244 g/mol. The lowest BCUT2D eigenvalue weighted by Gasteiger charge is -2.01. The van der Waals surface area contributed by atoms with Gasteiger partial charge in [-0.05, 0) is 6.07 Å². The summed E-state index contributed by atoms with van der Waals surface area (Å²) in [7, 11) is 0. The summed E-state index contributed by atoms with van der Waals surface area (Å²) in [6, 6.07) is 2.95. The molecule has 2 aromatic heterocycles. The van der Waals surface area contributed by atoms with E-state index in [4.69, 9.17) is 11.6 Å². The molecule has 0 saturated carbocycles. The Kier molecular flexibility index (Phi) is 4.59. The van der Waals surface area contributed by atoms with Gasteiger partial charge in [-0.15, -0.1) is 0 Å². The van der Waals surface area contributed by atoms with Gasteiger partial charge in [0.15, 0.2) is 5.82 Å². The second-order valence-electron chi connectivity index (χ2n) is 2.71. The molecule has 0 N–H and O–H groups in total. The summed E-state index contributed by atoms with van der Waals surface area (Å²) in [4.78, 5) is 13.8. The van der Waals surface area contributed by atoms with E-state index in [9.17, 15) is 10.1 Å². The molecule has 0 aliphatic heterocycles. The van der Waals surface area contributed by atoms with Crippen molar-refractivity contribution < 1.29 is 4.92 Å². The molecule has 2 heterocycles. The molecular formula is C10H11ClN4O2. The molecule has 0 atom stereocenters. The zero-order valence-corrected chi connectivity index (χ0v) is 10.1. The highest BCUT2D eigenvalue weighted by Crippen LogP contribution is 2.22. The summed E-state index contributed by atoms with van der Waals surface area (Å²) < 4.78 is 1.44. The van der Waals surface area contributed by atoms with Crippen molar-refractivity contribution in [2.45, 2.75) is 13.8 Å². The third-order valence-electron chi connectivity index (χ3n) is 1.74. The van der Waals surface area contributed by atoms with Gasteiger partial charge in [0.2, 0.25) is 0 Å². The number of nitro groups is 1. The van der Waals surface area contributed by atoms with Crippen LogP contribution in [-0.4, -0.2) is 19.7 Å². The lowest BCUT2D eigenvalue weighted by Crippen LogP contribution is -2.00. The molecule has 0 unspecified atom stereocenters. The first kappa shape index (κ1) is 13.1. The van der Waals surface area contributed by atoms with E-state index < -0.39 is 4.92 Å². The van der Waals surface area contributed by atoms with E-state index in [2.05, 4.69) is 10.1 Å². The SMILES string of the molecule is CC.O=[N+]([O-])c1cnc(-n2cccn2)c(Cl)c1. The zero-order valence-electron chi connectivity index (χ0n) is 9.37. The highest BCUT2D eigenvalue weighted by Gasteiger charge is 2.11. The minimum absolute atomic E-state index is 0.143. The number of pyridine rings is 1. The van der Waals surface area contributed by atoms with Gasteiger partial charge in [0.05, 0.1) is 9.95 Å². The van der Waals surface area contributed by atoms with Crippen LogP contribution < -0.4 is 0 Å². The highest BCUT2D eigenvalue weighted by molar-refractivity contribution is 6.32. The quantitative estimate of drug-likeness (QED) is 0.610. The van der Waals surface area contributed by atoms with Crippen LogP contribution in [0.15, 0.2) is 30.7 Å². The normalized spacial score (nSPS) is 9.35. The Bertz CT molecular complexity index is 499. The molecule has 6 nitrogen and oxygen atoms in total. The van der Waals surface area contributed by atoms with Gasteiger partial charge in [0.1, 0.15) is 6.20 Å². The van der Waals surface area contributed by atoms with Gasteiger partial charge < -0.3 is 0 Å². The van der Waals surface area contributed by atoms with Gasteiger partial charge in [-0.1, -0.05) is 25.4 Å². The highest BCUT2D eigenvalue weighted by atomic mass is 35.5. The first-order valence-electron chi connectivity index (χ1n) is 4.98. The first-order valence-corrected chi connectivity index (χ1v) is 5.36. The van der Waals surface area contributed by atoms with E-state index in [1.807, 2.05) is 13.8 Å². The van der Waals surface area contributed by atoms with E-state index in [1.54, 1.807) is 18.5 Å². The fourth-order valence-electron chi connectivity index (χ4n) is 1.08. The van der Waals surface area contributed by atoms with Crippen molar-refractivity contribution in [3.8, 4) is 5.82 Å². The minimum atomic E-state index is -0.550. The van der Waals surface area contributed by atoms with E-state index >= 15 is 0 Å². The van der Waals surface area contributed by atoms with Crippen LogP contribution in [0.3, 0.4) is 0 Å². The first-order chi connectivity index (χ1) is 8.18. The summed E-state index contributed by atoms with van der Waals surface area (Å²) in [6.07, 6.45) is 4.36. The molecule has 0 fully saturated rings. The van der Waals surface area contributed by atoms with Gasteiger partial charge in [-0.2, -0.15) is 5.10 Å². The third-order valence-corrected chi connectivity index (χ3v) is 2.02. The van der Waals surface area contributed by atoms with Crippen LogP contribution in [-0.2, 0) is 0 Å². The van der Waals surface area contributed by atoms with Crippen molar-refractivity contribution in [1.29, 1.82) is 0 Å². The zero-order chi connectivity index (χ0) is 12.8.